The topological polar surface area (TPSA) is 109 Å². The number of carbonyl (C=O) groups excluding carboxylic acids is 1. The highest BCUT2D eigenvalue weighted by Gasteiger charge is 2.21. The molecule has 0 aliphatic heterocycles. The number of hydrogen-bond acceptors (Lipinski definition) is 6. The summed E-state index contributed by atoms with van der Waals surface area (Å²) in [4.78, 5) is 12.3. The molecular weight excluding hydrogens is 430 g/mol. The normalized spacial score (nSPS) is 11.1. The lowest BCUT2D eigenvalue weighted by Gasteiger charge is -2.18. The summed E-state index contributed by atoms with van der Waals surface area (Å²) < 4.78 is 37.3. The molecule has 9 heteroatoms. The molecule has 0 atom stereocenters. The van der Waals surface area contributed by atoms with Crippen LogP contribution in [0.25, 0.3) is 0 Å². The molecule has 172 valence electrons. The van der Waals surface area contributed by atoms with Crippen molar-refractivity contribution in [2.45, 2.75) is 38.1 Å². The van der Waals surface area contributed by atoms with Crippen LogP contribution in [0.15, 0.2) is 47.4 Å². The van der Waals surface area contributed by atoms with Crippen LogP contribution in [0, 0.1) is 11.3 Å². The van der Waals surface area contributed by atoms with Crippen molar-refractivity contribution in [3.05, 3.63) is 53.6 Å². The van der Waals surface area contributed by atoms with Crippen LogP contribution in [0.3, 0.4) is 0 Å². The molecule has 0 aliphatic rings. The van der Waals surface area contributed by atoms with Crippen LogP contribution in [0.2, 0.25) is 0 Å². The molecule has 0 saturated heterocycles. The summed E-state index contributed by atoms with van der Waals surface area (Å²) in [5.41, 5.74) is 1.29. The smallest absolute Gasteiger partial charge is 0.243 e. The monoisotopic (exact) mass is 459 g/mol. The van der Waals surface area contributed by atoms with Crippen molar-refractivity contribution in [2.75, 3.05) is 26.8 Å². The molecule has 0 unspecified atom stereocenters. The molecule has 2 aromatic rings. The van der Waals surface area contributed by atoms with Gasteiger partial charge in [-0.1, -0.05) is 26.0 Å². The molecule has 0 fully saturated rings. The molecule has 0 aliphatic carbocycles. The Balaban J connectivity index is 1.78. The number of rotatable bonds is 12. The Morgan fingerprint density at radius 1 is 1.09 bits per heavy atom. The largest absolute Gasteiger partial charge is 0.493 e. The number of methoxy groups -OCH3 is 1. The van der Waals surface area contributed by atoms with Gasteiger partial charge in [0.25, 0.3) is 0 Å². The van der Waals surface area contributed by atoms with Crippen LogP contribution in [-0.4, -0.2) is 45.4 Å². The summed E-state index contributed by atoms with van der Waals surface area (Å²) in [6.45, 7) is 5.08. The number of sulfonamides is 1. The van der Waals surface area contributed by atoms with Gasteiger partial charge in [-0.05, 0) is 36.2 Å². The third-order valence-electron chi connectivity index (χ3n) is 4.85. The van der Waals surface area contributed by atoms with E-state index in [4.69, 9.17) is 14.7 Å². The van der Waals surface area contributed by atoms with Crippen LogP contribution in [0.4, 0.5) is 0 Å². The van der Waals surface area contributed by atoms with Gasteiger partial charge in [-0.2, -0.15) is 9.57 Å². The highest BCUT2D eigenvalue weighted by atomic mass is 32.2. The summed E-state index contributed by atoms with van der Waals surface area (Å²) in [6.07, 6.45) is 0.795. The lowest BCUT2D eigenvalue weighted by atomic mass is 10.2. The van der Waals surface area contributed by atoms with E-state index in [2.05, 4.69) is 5.32 Å². The van der Waals surface area contributed by atoms with E-state index >= 15 is 0 Å². The van der Waals surface area contributed by atoms with Gasteiger partial charge < -0.3 is 14.8 Å². The van der Waals surface area contributed by atoms with Crippen molar-refractivity contribution in [3.8, 4) is 17.6 Å². The molecular formula is C23H29N3O5S. The van der Waals surface area contributed by atoms with Gasteiger partial charge in [0.1, 0.15) is 0 Å². The highest BCUT2D eigenvalue weighted by molar-refractivity contribution is 7.89. The van der Waals surface area contributed by atoms with Gasteiger partial charge >= 0.3 is 0 Å². The van der Waals surface area contributed by atoms with E-state index in [1.807, 2.05) is 6.07 Å². The van der Waals surface area contributed by atoms with E-state index < -0.39 is 10.0 Å². The summed E-state index contributed by atoms with van der Waals surface area (Å²) in [7, 11) is -1.99. The summed E-state index contributed by atoms with van der Waals surface area (Å²) >= 11 is 0. The van der Waals surface area contributed by atoms with Crippen LogP contribution >= 0.6 is 0 Å². The number of nitrogens with zero attached hydrogens (tertiary/aromatic N) is 2. The first-order chi connectivity index (χ1) is 15.3. The van der Waals surface area contributed by atoms with Gasteiger partial charge in [0, 0.05) is 32.1 Å². The summed E-state index contributed by atoms with van der Waals surface area (Å²) in [5.74, 6) is 0.867. The molecule has 0 radical (unpaired) electrons. The molecule has 8 nitrogen and oxygen atoms in total. The third-order valence-corrected chi connectivity index (χ3v) is 6.92. The van der Waals surface area contributed by atoms with Crippen molar-refractivity contribution in [1.82, 2.24) is 9.62 Å². The SMILES string of the molecule is CCN(CC)S(=O)(=O)c1ccc(CNC(=O)CCCOc2ccc(C#N)cc2OC)cc1. The van der Waals surface area contributed by atoms with E-state index in [0.717, 1.165) is 5.56 Å². The number of nitrogens with one attached hydrogen (secondary N) is 1. The molecule has 0 spiro atoms. The Bertz CT molecular complexity index is 1040. The molecule has 0 saturated carbocycles. The zero-order valence-corrected chi connectivity index (χ0v) is 19.4. The van der Waals surface area contributed by atoms with Crippen molar-refractivity contribution in [1.29, 1.82) is 5.26 Å². The molecule has 0 aromatic heterocycles. The molecule has 0 bridgehead atoms. The Kier molecular flexibility index (Phi) is 9.50. The zero-order valence-electron chi connectivity index (χ0n) is 18.6. The lowest BCUT2D eigenvalue weighted by molar-refractivity contribution is -0.121. The Morgan fingerprint density at radius 3 is 2.38 bits per heavy atom. The van der Waals surface area contributed by atoms with E-state index in [1.54, 1.807) is 56.3 Å². The predicted molar refractivity (Wildman–Crippen MR) is 121 cm³/mol. The quantitative estimate of drug-likeness (QED) is 0.489. The molecule has 2 rings (SSSR count). The van der Waals surface area contributed by atoms with Crippen molar-refractivity contribution >= 4 is 15.9 Å². The molecule has 1 N–H and O–H groups in total. The van der Waals surface area contributed by atoms with Gasteiger partial charge in [0.15, 0.2) is 11.5 Å². The number of ether oxygens (including phenoxy) is 2. The average molecular weight is 460 g/mol. The van der Waals surface area contributed by atoms with E-state index in [0.29, 0.717) is 49.7 Å². The first-order valence-electron chi connectivity index (χ1n) is 10.4. The Hall–Kier alpha value is -3.09. The molecule has 2 aromatic carbocycles. The van der Waals surface area contributed by atoms with Crippen molar-refractivity contribution in [3.63, 3.8) is 0 Å². The van der Waals surface area contributed by atoms with Crippen LogP contribution in [0.1, 0.15) is 37.8 Å². The fourth-order valence-corrected chi connectivity index (χ4v) is 4.51. The number of amides is 1. The predicted octanol–water partition coefficient (Wildman–Crippen LogP) is 3.07. The number of nitriles is 1. The van der Waals surface area contributed by atoms with Gasteiger partial charge in [0.2, 0.25) is 15.9 Å². The van der Waals surface area contributed by atoms with E-state index in [-0.39, 0.29) is 17.2 Å². The minimum Gasteiger partial charge on any atom is -0.493 e. The zero-order chi connectivity index (χ0) is 23.6. The maximum absolute atomic E-state index is 12.5. The second-order valence-electron chi connectivity index (χ2n) is 6.94. The number of benzene rings is 2. The van der Waals surface area contributed by atoms with E-state index in [1.165, 1.54) is 11.4 Å². The Labute approximate surface area is 189 Å². The first-order valence-corrected chi connectivity index (χ1v) is 11.9. The standard InChI is InChI=1S/C23H29N3O5S/c1-4-26(5-2)32(28,29)20-11-8-18(9-12-20)17-25-23(27)7-6-14-31-21-13-10-19(16-24)15-22(21)30-3/h8-13,15H,4-7,14,17H2,1-3H3,(H,25,27). The van der Waals surface area contributed by atoms with Gasteiger partial charge in [-0.25, -0.2) is 8.42 Å². The van der Waals surface area contributed by atoms with Crippen LogP contribution < -0.4 is 14.8 Å². The van der Waals surface area contributed by atoms with Crippen LogP contribution in [0.5, 0.6) is 11.5 Å². The van der Waals surface area contributed by atoms with E-state index in [9.17, 15) is 13.2 Å². The maximum Gasteiger partial charge on any atom is 0.243 e. The molecule has 32 heavy (non-hydrogen) atoms. The van der Waals surface area contributed by atoms with Crippen molar-refractivity contribution < 1.29 is 22.7 Å². The number of hydrogen-bond donors (Lipinski definition) is 1. The second-order valence-corrected chi connectivity index (χ2v) is 8.88. The summed E-state index contributed by atoms with van der Waals surface area (Å²) in [5, 5.41) is 11.8. The first kappa shape index (κ1) is 25.2. The minimum absolute atomic E-state index is 0.125. The highest BCUT2D eigenvalue weighted by Crippen LogP contribution is 2.28. The molecule has 1 amide bonds. The average Bonchev–Trinajstić information content (AvgIpc) is 2.81. The fourth-order valence-electron chi connectivity index (χ4n) is 3.05. The minimum atomic E-state index is -3.49. The Morgan fingerprint density at radius 2 is 1.78 bits per heavy atom. The van der Waals surface area contributed by atoms with Gasteiger partial charge in [-0.3, -0.25) is 4.79 Å². The summed E-state index contributed by atoms with van der Waals surface area (Å²) in [6, 6.07) is 13.5. The number of carbonyl (C=O) groups is 1. The fraction of sp³-hybridized carbons (Fsp3) is 0.391. The van der Waals surface area contributed by atoms with Crippen molar-refractivity contribution in [2.24, 2.45) is 0 Å². The van der Waals surface area contributed by atoms with Gasteiger partial charge in [0.05, 0.1) is 30.2 Å². The molecule has 0 heterocycles. The lowest BCUT2D eigenvalue weighted by Crippen LogP contribution is -2.30. The maximum atomic E-state index is 12.5. The van der Waals surface area contributed by atoms with Gasteiger partial charge in [-0.15, -0.1) is 0 Å². The third kappa shape index (κ3) is 6.70. The second kappa shape index (κ2) is 12.1. The van der Waals surface area contributed by atoms with Crippen LogP contribution in [-0.2, 0) is 21.4 Å².